The van der Waals surface area contributed by atoms with E-state index < -0.39 is 23.9 Å². The molecule has 8 fully saturated rings. The van der Waals surface area contributed by atoms with Crippen molar-refractivity contribution in [1.82, 2.24) is 4.90 Å². The molecule has 3 heterocycles. The molecule has 8 rings (SSSR count). The van der Waals surface area contributed by atoms with Gasteiger partial charge in [0.25, 0.3) is 0 Å². The summed E-state index contributed by atoms with van der Waals surface area (Å²) in [5.41, 5.74) is 8.48. The Hall–Kier alpha value is -0.970. The molecular weight excluding hydrogens is 596 g/mol. The van der Waals surface area contributed by atoms with E-state index >= 15 is 0 Å². The lowest BCUT2D eigenvalue weighted by Crippen LogP contribution is -2.60. The zero-order chi connectivity index (χ0) is 33.4. The van der Waals surface area contributed by atoms with E-state index in [1.54, 1.807) is 13.8 Å². The predicted octanol–water partition coefficient (Wildman–Crippen LogP) is 5.69. The van der Waals surface area contributed by atoms with Gasteiger partial charge < -0.3 is 29.2 Å². The first-order chi connectivity index (χ1) is 22.1. The Labute approximate surface area is 281 Å². The Morgan fingerprint density at radius 2 is 1.77 bits per heavy atom. The Bertz CT molecular complexity index is 1300. The number of azide groups is 1. The molecule has 0 aromatic rings. The minimum absolute atomic E-state index is 0.0395. The van der Waals surface area contributed by atoms with Gasteiger partial charge in [-0.1, -0.05) is 39.7 Å². The zero-order valence-corrected chi connectivity index (χ0v) is 29.9. The van der Waals surface area contributed by atoms with Gasteiger partial charge in [0.05, 0.1) is 68.5 Å². The summed E-state index contributed by atoms with van der Waals surface area (Å²) < 4.78 is 25.4. The van der Waals surface area contributed by atoms with Crippen LogP contribution >= 0.6 is 0 Å². The monoisotopic (exact) mass is 656 g/mol. The van der Waals surface area contributed by atoms with E-state index in [0.29, 0.717) is 29.2 Å². The summed E-state index contributed by atoms with van der Waals surface area (Å²) in [6, 6.07) is -0.190. The highest BCUT2D eigenvalue weighted by atomic mass is 16.7. The fourth-order valence-electron chi connectivity index (χ4n) is 14.2. The molecule has 0 aromatic heterocycles. The fraction of sp³-hybridized carbons (Fsp3) is 1.00. The van der Waals surface area contributed by atoms with E-state index in [-0.39, 0.29) is 46.1 Å². The van der Waals surface area contributed by atoms with Crippen molar-refractivity contribution in [3.63, 3.8) is 0 Å². The van der Waals surface area contributed by atoms with Gasteiger partial charge in [0.1, 0.15) is 0 Å². The van der Waals surface area contributed by atoms with Crippen LogP contribution in [0.25, 0.3) is 10.4 Å². The lowest BCUT2D eigenvalue weighted by Gasteiger charge is -2.64. The van der Waals surface area contributed by atoms with Crippen molar-refractivity contribution in [1.29, 1.82) is 0 Å². The van der Waals surface area contributed by atoms with Crippen LogP contribution in [-0.2, 0) is 18.9 Å². The Morgan fingerprint density at radius 1 is 1.04 bits per heavy atom. The molecule has 47 heavy (non-hydrogen) atoms. The molecule has 3 saturated heterocycles. The minimum atomic E-state index is -1.21. The number of rotatable bonds is 6. The van der Waals surface area contributed by atoms with Crippen molar-refractivity contribution in [3.8, 4) is 0 Å². The van der Waals surface area contributed by atoms with E-state index in [2.05, 4.69) is 49.5 Å². The number of hydrogen-bond donors (Lipinski definition) is 2. The Morgan fingerprint density at radius 3 is 2.45 bits per heavy atom. The molecule has 0 radical (unpaired) electrons. The number of hydrogen-bond acceptors (Lipinski definition) is 8. The quantitative estimate of drug-likeness (QED) is 0.213. The molecule has 0 amide bonds. The summed E-state index contributed by atoms with van der Waals surface area (Å²) >= 11 is 0. The summed E-state index contributed by atoms with van der Waals surface area (Å²) in [5.74, 6) is 1.59. The summed E-state index contributed by atoms with van der Waals surface area (Å²) in [4.78, 5) is 5.57. The second kappa shape index (κ2) is 10.8. The number of aliphatic hydroxyl groups is 2. The smallest absolute Gasteiger partial charge is 0.170 e. The number of nitrogens with zero attached hydrogens (tertiary/aromatic N) is 4. The third-order valence-electron chi connectivity index (χ3n) is 16.5. The molecule has 10 heteroatoms. The molecule has 8 aliphatic rings. The van der Waals surface area contributed by atoms with Crippen molar-refractivity contribution in [2.24, 2.45) is 55.9 Å². The van der Waals surface area contributed by atoms with Gasteiger partial charge in [0.2, 0.25) is 0 Å². The minimum Gasteiger partial charge on any atom is -0.390 e. The second-order valence-corrected chi connectivity index (χ2v) is 19.0. The molecule has 2 N–H and O–H groups in total. The highest BCUT2D eigenvalue weighted by molar-refractivity contribution is 5.33. The van der Waals surface area contributed by atoms with Crippen LogP contribution in [0.1, 0.15) is 99.8 Å². The Kier molecular flexibility index (Phi) is 7.61. The molecule has 1 unspecified atom stereocenters. The number of aliphatic hydroxyl groups excluding tert-OH is 1. The van der Waals surface area contributed by atoms with Crippen LogP contribution in [0.5, 0.6) is 0 Å². The van der Waals surface area contributed by atoms with Crippen molar-refractivity contribution in [2.75, 3.05) is 32.9 Å². The maximum absolute atomic E-state index is 12.5. The molecule has 14 atom stereocenters. The van der Waals surface area contributed by atoms with Gasteiger partial charge in [0.15, 0.2) is 6.29 Å². The summed E-state index contributed by atoms with van der Waals surface area (Å²) in [6.07, 6.45) is 7.66. The van der Waals surface area contributed by atoms with Crippen molar-refractivity contribution >= 4 is 0 Å². The standard InChI is InChI=1S/C37H60N4O6/c1-21-16-23(30(39-40-38)33(4,5)43)46-29-28(21)34(6)12-13-37-20-36(37)11-10-26(47-27-17-41(14-15-45-27)22-18-44-19-22)32(2,3)24(36)8-9-25(37)35(34,7)31(29)42/h21-31,42-43H,8-20H2,1-7H3/t21-,23-,24+,25+,26?,27+,28+,29+,30+,31+,34-,35-,36-,37+/m1/s1. The SMILES string of the molecule is C[C@@H]1C[C@H]([C@H](N=[N+]=[N-])C(C)(C)O)O[C@H]2[C@H]1[C@@]1(C)CC[C@@]34C[C@@]35CCC(O[C@H]3CN(C6COC6)CCO3)C(C)(C)[C@@H]5CC[C@H]4[C@]1(C)[C@H]2O. The third-order valence-corrected chi connectivity index (χ3v) is 16.5. The maximum atomic E-state index is 12.5. The van der Waals surface area contributed by atoms with Crippen LogP contribution in [0.4, 0.5) is 0 Å². The largest absolute Gasteiger partial charge is 0.390 e. The second-order valence-electron chi connectivity index (χ2n) is 19.0. The van der Waals surface area contributed by atoms with E-state index in [4.69, 9.17) is 18.9 Å². The normalized spacial score (nSPS) is 52.8. The lowest BCUT2D eigenvalue weighted by atomic mass is 9.41. The van der Waals surface area contributed by atoms with Crippen molar-refractivity contribution < 1.29 is 29.2 Å². The van der Waals surface area contributed by atoms with Crippen LogP contribution < -0.4 is 0 Å². The molecular formula is C37H60N4O6. The molecule has 0 aromatic carbocycles. The molecule has 2 spiro atoms. The fourth-order valence-corrected chi connectivity index (χ4v) is 14.2. The Balaban J connectivity index is 1.03. The van der Waals surface area contributed by atoms with Gasteiger partial charge in [-0.25, -0.2) is 0 Å². The third kappa shape index (κ3) is 4.38. The molecule has 5 aliphatic carbocycles. The van der Waals surface area contributed by atoms with Crippen LogP contribution in [0.15, 0.2) is 5.11 Å². The summed E-state index contributed by atoms with van der Waals surface area (Å²) in [6.45, 7) is 19.7. The van der Waals surface area contributed by atoms with Crippen molar-refractivity contribution in [3.05, 3.63) is 10.4 Å². The van der Waals surface area contributed by atoms with Crippen LogP contribution in [-0.4, -0.2) is 96.4 Å². The number of ether oxygens (including phenoxy) is 4. The van der Waals surface area contributed by atoms with Crippen LogP contribution in [0, 0.1) is 50.7 Å². The van der Waals surface area contributed by atoms with Gasteiger partial charge in [-0.05, 0) is 116 Å². The summed E-state index contributed by atoms with van der Waals surface area (Å²) in [5, 5.41) is 27.5. The van der Waals surface area contributed by atoms with Gasteiger partial charge in [0, 0.05) is 16.9 Å². The predicted molar refractivity (Wildman–Crippen MR) is 176 cm³/mol. The number of morpholine rings is 1. The zero-order valence-electron chi connectivity index (χ0n) is 29.9. The van der Waals surface area contributed by atoms with Crippen LogP contribution in [0.2, 0.25) is 0 Å². The van der Waals surface area contributed by atoms with Gasteiger partial charge in [-0.3, -0.25) is 4.90 Å². The average Bonchev–Trinajstić information content (AvgIpc) is 3.61. The molecule has 0 bridgehead atoms. The maximum Gasteiger partial charge on any atom is 0.170 e. The first-order valence-corrected chi connectivity index (χ1v) is 18.8. The molecule has 5 saturated carbocycles. The van der Waals surface area contributed by atoms with Crippen molar-refractivity contribution in [2.45, 2.75) is 148 Å². The van der Waals surface area contributed by atoms with Gasteiger partial charge in [-0.15, -0.1) is 0 Å². The lowest BCUT2D eigenvalue weighted by molar-refractivity contribution is -0.256. The number of fused-ring (bicyclic) bond motifs is 4. The first-order valence-electron chi connectivity index (χ1n) is 18.8. The van der Waals surface area contributed by atoms with E-state index in [0.717, 1.165) is 58.6 Å². The van der Waals surface area contributed by atoms with E-state index in [1.165, 1.54) is 25.7 Å². The van der Waals surface area contributed by atoms with E-state index in [9.17, 15) is 15.7 Å². The topological polar surface area (TPSA) is 129 Å². The first kappa shape index (κ1) is 33.2. The molecule has 3 aliphatic heterocycles. The highest BCUT2D eigenvalue weighted by Gasteiger charge is 2.84. The molecule has 264 valence electrons. The average molecular weight is 657 g/mol. The highest BCUT2D eigenvalue weighted by Crippen LogP contribution is 2.89. The summed E-state index contributed by atoms with van der Waals surface area (Å²) in [7, 11) is 0. The van der Waals surface area contributed by atoms with E-state index in [1.807, 2.05) is 0 Å². The molecule has 10 nitrogen and oxygen atoms in total. The van der Waals surface area contributed by atoms with Gasteiger partial charge in [-0.2, -0.15) is 0 Å². The van der Waals surface area contributed by atoms with Gasteiger partial charge >= 0.3 is 0 Å². The van der Waals surface area contributed by atoms with Crippen LogP contribution in [0.3, 0.4) is 0 Å².